The molecule has 0 saturated heterocycles. The molecule has 0 aromatic heterocycles. The second kappa shape index (κ2) is 10.1. The fraction of sp³-hybridized carbons (Fsp3) is 0.692. The van der Waals surface area contributed by atoms with Crippen LogP contribution in [0.3, 0.4) is 0 Å². The first-order chi connectivity index (χ1) is 20.1. The zero-order valence-corrected chi connectivity index (χ0v) is 27.5. The van der Waals surface area contributed by atoms with E-state index in [1.54, 1.807) is 0 Å². The molecule has 0 aliphatic heterocycles. The van der Waals surface area contributed by atoms with Gasteiger partial charge in [-0.3, -0.25) is 9.59 Å². The lowest BCUT2D eigenvalue weighted by atomic mass is 9.32. The molecule has 0 radical (unpaired) electrons. The highest BCUT2D eigenvalue weighted by atomic mass is 16.4. The summed E-state index contributed by atoms with van der Waals surface area (Å²) >= 11 is 0. The first kappa shape index (κ1) is 30.7. The highest BCUT2D eigenvalue weighted by Gasteiger charge is 2.71. The van der Waals surface area contributed by atoms with Crippen molar-refractivity contribution in [2.24, 2.45) is 56.7 Å². The normalized spacial score (nSPS) is 42.9. The number of aliphatic carboxylic acids is 2. The Morgan fingerprint density at radius 2 is 1.56 bits per heavy atom. The molecule has 43 heavy (non-hydrogen) atoms. The number of allylic oxidation sites excluding steroid dienone is 3. The van der Waals surface area contributed by atoms with Crippen molar-refractivity contribution in [2.75, 3.05) is 0 Å². The van der Waals surface area contributed by atoms with E-state index in [-0.39, 0.29) is 34.0 Å². The number of hydrogen-bond donors (Lipinski definition) is 2. The topological polar surface area (TPSA) is 74.6 Å². The van der Waals surface area contributed by atoms with E-state index >= 15 is 0 Å². The average Bonchev–Trinajstić information content (AvgIpc) is 3.34. The average molecular weight is 587 g/mol. The van der Waals surface area contributed by atoms with E-state index in [2.05, 4.69) is 78.5 Å². The predicted octanol–water partition coefficient (Wildman–Crippen LogP) is 9.44. The molecular weight excluding hydrogens is 532 g/mol. The van der Waals surface area contributed by atoms with Crippen molar-refractivity contribution in [3.63, 3.8) is 0 Å². The summed E-state index contributed by atoms with van der Waals surface area (Å²) in [4.78, 5) is 24.0. The number of carbonyl (C=O) groups is 2. The maximum absolute atomic E-state index is 12.9. The van der Waals surface area contributed by atoms with E-state index in [0.29, 0.717) is 30.1 Å². The Morgan fingerprint density at radius 1 is 0.860 bits per heavy atom. The molecule has 9 unspecified atom stereocenters. The van der Waals surface area contributed by atoms with Crippen LogP contribution >= 0.6 is 0 Å². The van der Waals surface area contributed by atoms with Gasteiger partial charge in [-0.1, -0.05) is 77.1 Å². The zero-order chi connectivity index (χ0) is 31.2. The summed E-state index contributed by atoms with van der Waals surface area (Å²) in [5.74, 6) is 0.914. The molecule has 5 aliphatic carbocycles. The minimum atomic E-state index is -0.750. The highest BCUT2D eigenvalue weighted by Crippen LogP contribution is 2.77. The molecule has 2 N–H and O–H groups in total. The molecule has 4 heteroatoms. The molecule has 6 rings (SSSR count). The third kappa shape index (κ3) is 4.20. The summed E-state index contributed by atoms with van der Waals surface area (Å²) in [7, 11) is 0. The minimum absolute atomic E-state index is 0.0379. The molecule has 4 fully saturated rings. The predicted molar refractivity (Wildman–Crippen MR) is 172 cm³/mol. The first-order valence-corrected chi connectivity index (χ1v) is 17.0. The number of aryl methyl sites for hydroxylation is 1. The SMILES string of the molecule is C=C(C)C1CCC2(C(=O)O)CCC3(C)C(CCC4C5(C)CC=C(c6ccc(CCC(=O)O)cc6)C(C)(C)C5CCC43C)C12. The maximum atomic E-state index is 12.9. The lowest BCUT2D eigenvalue weighted by Gasteiger charge is -2.72. The molecule has 4 nitrogen and oxygen atoms in total. The monoisotopic (exact) mass is 586 g/mol. The number of hydrogen-bond acceptors (Lipinski definition) is 2. The Bertz CT molecular complexity index is 1350. The molecule has 1 aromatic rings. The lowest BCUT2D eigenvalue weighted by molar-refractivity contribution is -0.227. The molecular formula is C39H54O4. The van der Waals surface area contributed by atoms with Crippen LogP contribution in [0.4, 0.5) is 0 Å². The third-order valence-corrected chi connectivity index (χ3v) is 15.0. The van der Waals surface area contributed by atoms with Crippen molar-refractivity contribution >= 4 is 17.5 Å². The van der Waals surface area contributed by atoms with Gasteiger partial charge in [0.25, 0.3) is 0 Å². The Labute approximate surface area is 259 Å². The fourth-order valence-electron chi connectivity index (χ4n) is 12.7. The van der Waals surface area contributed by atoms with Crippen molar-refractivity contribution < 1.29 is 19.8 Å². The lowest BCUT2D eigenvalue weighted by Crippen LogP contribution is -2.65. The van der Waals surface area contributed by atoms with E-state index in [0.717, 1.165) is 44.1 Å². The number of carboxylic acid groups (broad SMARTS) is 2. The third-order valence-electron chi connectivity index (χ3n) is 15.0. The van der Waals surface area contributed by atoms with Gasteiger partial charge in [0.2, 0.25) is 0 Å². The summed E-state index contributed by atoms with van der Waals surface area (Å²) in [6, 6.07) is 8.65. The van der Waals surface area contributed by atoms with Crippen molar-refractivity contribution in [3.05, 3.63) is 53.6 Å². The van der Waals surface area contributed by atoms with Crippen LogP contribution in [0.15, 0.2) is 42.5 Å². The molecule has 0 amide bonds. The quantitative estimate of drug-likeness (QED) is 0.326. The van der Waals surface area contributed by atoms with E-state index in [1.807, 2.05) is 0 Å². The van der Waals surface area contributed by atoms with Crippen molar-refractivity contribution in [1.82, 2.24) is 0 Å². The summed E-state index contributed by atoms with van der Waals surface area (Å²) in [5.41, 5.74) is 5.03. The summed E-state index contributed by atoms with van der Waals surface area (Å²) in [5, 5.41) is 19.7. The van der Waals surface area contributed by atoms with Crippen LogP contribution in [0.1, 0.15) is 117 Å². The van der Waals surface area contributed by atoms with E-state index in [9.17, 15) is 14.7 Å². The molecule has 0 heterocycles. The van der Waals surface area contributed by atoms with Crippen LogP contribution in [0.25, 0.3) is 5.57 Å². The van der Waals surface area contributed by atoms with Gasteiger partial charge in [-0.15, -0.1) is 0 Å². The molecule has 4 saturated carbocycles. The van der Waals surface area contributed by atoms with Gasteiger partial charge in [-0.25, -0.2) is 0 Å². The molecule has 9 atom stereocenters. The minimum Gasteiger partial charge on any atom is -0.481 e. The van der Waals surface area contributed by atoms with Crippen molar-refractivity contribution in [2.45, 2.75) is 112 Å². The van der Waals surface area contributed by atoms with Crippen LogP contribution < -0.4 is 0 Å². The summed E-state index contributed by atoms with van der Waals surface area (Å²) < 4.78 is 0. The standard InChI is InChI=1S/C39H54O4/c1-24(2)27-16-21-39(34(42)43)23-22-37(6)29(33(27)39)13-14-31-36(5)19-17-28(35(3,4)30(36)18-20-38(31,37)7)26-11-8-25(9-12-26)10-15-32(40)41/h8-9,11-12,17,27,29-31,33H,1,10,13-16,18-23H2,2-7H3,(H,40,41)(H,42,43). The Morgan fingerprint density at radius 3 is 2.19 bits per heavy atom. The number of carboxylic acids is 2. The van der Waals surface area contributed by atoms with E-state index < -0.39 is 17.4 Å². The van der Waals surface area contributed by atoms with Crippen LogP contribution in [-0.4, -0.2) is 22.2 Å². The van der Waals surface area contributed by atoms with Crippen LogP contribution in [0.5, 0.6) is 0 Å². The second-order valence-electron chi connectivity index (χ2n) is 16.8. The van der Waals surface area contributed by atoms with Gasteiger partial charge in [-0.2, -0.15) is 0 Å². The van der Waals surface area contributed by atoms with Crippen LogP contribution in [0, 0.1) is 56.7 Å². The zero-order valence-electron chi connectivity index (χ0n) is 27.5. The Kier molecular flexibility index (Phi) is 7.18. The Hall–Kier alpha value is -2.36. The summed E-state index contributed by atoms with van der Waals surface area (Å²) in [6.45, 7) is 19.3. The van der Waals surface area contributed by atoms with E-state index in [1.165, 1.54) is 36.0 Å². The van der Waals surface area contributed by atoms with Gasteiger partial charge in [0.05, 0.1) is 5.41 Å². The van der Waals surface area contributed by atoms with Crippen LogP contribution in [0.2, 0.25) is 0 Å². The summed E-state index contributed by atoms with van der Waals surface area (Å²) in [6.07, 6.45) is 12.8. The van der Waals surface area contributed by atoms with Crippen molar-refractivity contribution in [1.29, 1.82) is 0 Å². The smallest absolute Gasteiger partial charge is 0.309 e. The molecule has 0 spiro atoms. The highest BCUT2D eigenvalue weighted by molar-refractivity contribution is 5.76. The van der Waals surface area contributed by atoms with Gasteiger partial charge in [0.1, 0.15) is 0 Å². The van der Waals surface area contributed by atoms with Gasteiger partial charge < -0.3 is 10.2 Å². The molecule has 1 aromatic carbocycles. The first-order valence-electron chi connectivity index (χ1n) is 17.0. The van der Waals surface area contributed by atoms with Crippen molar-refractivity contribution in [3.8, 4) is 0 Å². The Balaban J connectivity index is 1.33. The van der Waals surface area contributed by atoms with Gasteiger partial charge >= 0.3 is 11.9 Å². The largest absolute Gasteiger partial charge is 0.481 e. The molecule has 0 bridgehead atoms. The van der Waals surface area contributed by atoms with Gasteiger partial charge in [-0.05, 0) is 139 Å². The number of benzene rings is 1. The van der Waals surface area contributed by atoms with Gasteiger partial charge in [0, 0.05) is 6.42 Å². The molecule has 5 aliphatic rings. The number of fused-ring (bicyclic) bond motifs is 7. The second-order valence-corrected chi connectivity index (χ2v) is 16.8. The maximum Gasteiger partial charge on any atom is 0.309 e. The molecule has 234 valence electrons. The van der Waals surface area contributed by atoms with E-state index in [4.69, 9.17) is 5.11 Å². The fourth-order valence-corrected chi connectivity index (χ4v) is 12.7. The van der Waals surface area contributed by atoms with Crippen LogP contribution in [-0.2, 0) is 16.0 Å². The van der Waals surface area contributed by atoms with Gasteiger partial charge in [0.15, 0.2) is 0 Å². The number of rotatable bonds is 6.